The van der Waals surface area contributed by atoms with Crippen molar-refractivity contribution in [3.8, 4) is 0 Å². The topological polar surface area (TPSA) is 72.2 Å². The number of nitrogens with two attached hydrogens (primary N) is 1. The average Bonchev–Trinajstić information content (AvgIpc) is 2.90. The third-order valence-electron chi connectivity index (χ3n) is 5.91. The van der Waals surface area contributed by atoms with Gasteiger partial charge in [-0.1, -0.05) is 53.7 Å². The summed E-state index contributed by atoms with van der Waals surface area (Å²) in [7, 11) is 0. The van der Waals surface area contributed by atoms with Crippen molar-refractivity contribution in [2.45, 2.75) is 16.7 Å². The Labute approximate surface area is 211 Å². The summed E-state index contributed by atoms with van der Waals surface area (Å²) in [6.07, 6.45) is 0. The Bertz CT molecular complexity index is 1610. The summed E-state index contributed by atoms with van der Waals surface area (Å²) in [6, 6.07) is 14.3. The summed E-state index contributed by atoms with van der Waals surface area (Å²) in [6.45, 7) is 1.87. The third-order valence-corrected chi connectivity index (χ3v) is 7.03. The quantitative estimate of drug-likeness (QED) is 0.115. The van der Waals surface area contributed by atoms with Gasteiger partial charge < -0.3 is 11.1 Å². The molecule has 4 aromatic rings. The zero-order chi connectivity index (χ0) is 26.6. The van der Waals surface area contributed by atoms with Crippen LogP contribution < -0.4 is 11.1 Å². The van der Waals surface area contributed by atoms with E-state index < -0.39 is 45.5 Å². The molecule has 0 unspecified atom stereocenters. The second-order valence-electron chi connectivity index (χ2n) is 8.28. The molecule has 10 heteroatoms. The van der Waals surface area contributed by atoms with E-state index in [0.717, 1.165) is 5.56 Å². The summed E-state index contributed by atoms with van der Waals surface area (Å²) in [5.41, 5.74) is 7.36. The molecule has 0 aliphatic heterocycles. The molecule has 0 aromatic heterocycles. The third kappa shape index (κ3) is 3.93. The fourth-order valence-electron chi connectivity index (χ4n) is 4.05. The van der Waals surface area contributed by atoms with Gasteiger partial charge in [0.2, 0.25) is 5.82 Å². The van der Waals surface area contributed by atoms with Gasteiger partial charge in [0.1, 0.15) is 0 Å². The zero-order valence-electron chi connectivity index (χ0n) is 18.9. The van der Waals surface area contributed by atoms with E-state index in [1.807, 2.05) is 6.92 Å². The van der Waals surface area contributed by atoms with Gasteiger partial charge in [0, 0.05) is 21.7 Å². The first-order chi connectivity index (χ1) is 17.6. The number of hydrogen-bond acceptors (Lipinski definition) is 5. The molecule has 0 saturated carbocycles. The maximum Gasteiger partial charge on any atom is 0.200 e. The molecule has 0 radical (unpaired) electrons. The highest BCUT2D eigenvalue weighted by Gasteiger charge is 2.35. The fourth-order valence-corrected chi connectivity index (χ4v) is 5.02. The van der Waals surface area contributed by atoms with Gasteiger partial charge in [-0.15, -0.1) is 0 Å². The van der Waals surface area contributed by atoms with Crippen molar-refractivity contribution in [3.63, 3.8) is 0 Å². The van der Waals surface area contributed by atoms with Crippen LogP contribution in [0.2, 0.25) is 0 Å². The first-order valence-corrected chi connectivity index (χ1v) is 11.6. The Hall–Kier alpha value is -4.18. The van der Waals surface area contributed by atoms with Crippen LogP contribution in [0.25, 0.3) is 0 Å². The normalized spacial score (nSPS) is 12.4. The van der Waals surface area contributed by atoms with Crippen molar-refractivity contribution >= 4 is 40.4 Å². The number of benzene rings is 4. The van der Waals surface area contributed by atoms with E-state index >= 15 is 0 Å². The molecule has 0 atom stereocenters. The molecule has 4 nitrogen and oxygen atoms in total. The maximum atomic E-state index is 14.5. The van der Waals surface area contributed by atoms with Crippen molar-refractivity contribution in [2.75, 3.05) is 11.1 Å². The van der Waals surface area contributed by atoms with Gasteiger partial charge in [0.25, 0.3) is 0 Å². The van der Waals surface area contributed by atoms with Gasteiger partial charge in [0.05, 0.1) is 27.4 Å². The first kappa shape index (κ1) is 24.5. The van der Waals surface area contributed by atoms with Crippen molar-refractivity contribution < 1.29 is 31.5 Å². The number of halogens is 5. The van der Waals surface area contributed by atoms with Gasteiger partial charge in [-0.3, -0.25) is 9.59 Å². The number of anilines is 3. The molecular formula is C27H15F5N2O2S. The van der Waals surface area contributed by atoms with Crippen LogP contribution in [0.1, 0.15) is 37.4 Å². The summed E-state index contributed by atoms with van der Waals surface area (Å²) >= 11 is 0.164. The summed E-state index contributed by atoms with van der Waals surface area (Å²) in [5, 5.41) is 3.02. The largest absolute Gasteiger partial charge is 0.397 e. The predicted octanol–water partition coefficient (Wildman–Crippen LogP) is 6.94. The van der Waals surface area contributed by atoms with Crippen molar-refractivity contribution in [3.05, 3.63) is 112 Å². The van der Waals surface area contributed by atoms with Crippen LogP contribution in [0.4, 0.5) is 39.0 Å². The Balaban J connectivity index is 1.74. The average molecular weight is 526 g/mol. The molecule has 0 amide bonds. The molecule has 3 N–H and O–H groups in total. The highest BCUT2D eigenvalue weighted by Crippen LogP contribution is 2.45. The van der Waals surface area contributed by atoms with Gasteiger partial charge >= 0.3 is 0 Å². The Kier molecular flexibility index (Phi) is 5.99. The number of fused-ring (bicyclic) bond motifs is 2. The summed E-state index contributed by atoms with van der Waals surface area (Å²) in [5.74, 6) is -11.7. The monoisotopic (exact) mass is 526 g/mol. The number of nitrogens with one attached hydrogen (secondary N) is 1. The van der Waals surface area contributed by atoms with Crippen molar-refractivity contribution in [1.82, 2.24) is 0 Å². The van der Waals surface area contributed by atoms with Crippen LogP contribution in [0, 0.1) is 36.0 Å². The second kappa shape index (κ2) is 9.04. The molecular weight excluding hydrogens is 511 g/mol. The molecule has 0 spiro atoms. The van der Waals surface area contributed by atoms with Gasteiger partial charge in [-0.05, 0) is 25.1 Å². The van der Waals surface area contributed by atoms with E-state index in [1.165, 1.54) is 18.2 Å². The minimum atomic E-state index is -2.29. The summed E-state index contributed by atoms with van der Waals surface area (Å²) in [4.78, 5) is 25.5. The van der Waals surface area contributed by atoms with E-state index in [2.05, 4.69) is 5.32 Å². The molecule has 0 heterocycles. The number of carbonyl (C=O) groups is 2. The molecule has 0 bridgehead atoms. The van der Waals surface area contributed by atoms with Crippen LogP contribution in [0.15, 0.2) is 64.4 Å². The molecule has 5 rings (SSSR count). The van der Waals surface area contributed by atoms with Crippen molar-refractivity contribution in [2.24, 2.45) is 0 Å². The molecule has 186 valence electrons. The SMILES string of the molecule is Cc1ccc(Nc2cc(Sc3c(F)c(F)c(F)c(F)c3F)c(N)c3c2C(=O)c2ccccc2C3=O)cc1. The van der Waals surface area contributed by atoms with E-state index in [-0.39, 0.29) is 50.3 Å². The van der Waals surface area contributed by atoms with Crippen LogP contribution in [-0.4, -0.2) is 11.6 Å². The van der Waals surface area contributed by atoms with E-state index in [4.69, 9.17) is 5.73 Å². The molecule has 0 fully saturated rings. The minimum Gasteiger partial charge on any atom is -0.397 e. The van der Waals surface area contributed by atoms with Gasteiger partial charge in [0.15, 0.2) is 34.8 Å². The van der Waals surface area contributed by atoms with Crippen LogP contribution in [0.3, 0.4) is 0 Å². The highest BCUT2D eigenvalue weighted by atomic mass is 32.2. The first-order valence-electron chi connectivity index (χ1n) is 10.8. The summed E-state index contributed by atoms with van der Waals surface area (Å²) < 4.78 is 70.2. The molecule has 37 heavy (non-hydrogen) atoms. The van der Waals surface area contributed by atoms with Crippen LogP contribution >= 0.6 is 11.8 Å². The van der Waals surface area contributed by atoms with E-state index in [9.17, 15) is 31.5 Å². The van der Waals surface area contributed by atoms with Gasteiger partial charge in [-0.2, -0.15) is 0 Å². The molecule has 0 saturated heterocycles. The standard InChI is InChI=1S/C27H15F5N2O2S/c1-11-6-8-12(9-7-11)34-15-10-16(37-27-22(31)20(29)19(28)21(30)23(27)32)24(33)18-17(15)25(35)13-4-2-3-5-14(13)26(18)36/h2-10,34H,33H2,1H3. The van der Waals surface area contributed by atoms with Gasteiger partial charge in [-0.25, -0.2) is 22.0 Å². The fraction of sp³-hybridized carbons (Fsp3) is 0.0370. The molecule has 1 aliphatic rings. The predicted molar refractivity (Wildman–Crippen MR) is 129 cm³/mol. The number of nitrogen functional groups attached to an aromatic ring is 1. The number of ketones is 2. The Morgan fingerprint density at radius 3 is 1.81 bits per heavy atom. The number of aryl methyl sites for hydroxylation is 1. The van der Waals surface area contributed by atoms with E-state index in [1.54, 1.807) is 36.4 Å². The van der Waals surface area contributed by atoms with E-state index in [0.29, 0.717) is 5.69 Å². The number of hydrogen-bond donors (Lipinski definition) is 2. The minimum absolute atomic E-state index is 0.0662. The lowest BCUT2D eigenvalue weighted by atomic mass is 9.82. The van der Waals surface area contributed by atoms with Crippen LogP contribution in [0.5, 0.6) is 0 Å². The molecule has 1 aliphatic carbocycles. The lowest BCUT2D eigenvalue weighted by molar-refractivity contribution is 0.0980. The number of carbonyl (C=O) groups excluding carboxylic acids is 2. The molecule has 4 aromatic carbocycles. The van der Waals surface area contributed by atoms with Crippen molar-refractivity contribution in [1.29, 1.82) is 0 Å². The lowest BCUT2D eigenvalue weighted by Gasteiger charge is -2.24. The Morgan fingerprint density at radius 2 is 1.24 bits per heavy atom. The maximum absolute atomic E-state index is 14.5. The second-order valence-corrected chi connectivity index (χ2v) is 9.33. The lowest BCUT2D eigenvalue weighted by Crippen LogP contribution is -2.24. The number of rotatable bonds is 4. The van der Waals surface area contributed by atoms with Crippen LogP contribution in [-0.2, 0) is 0 Å². The Morgan fingerprint density at radius 1 is 0.730 bits per heavy atom. The highest BCUT2D eigenvalue weighted by molar-refractivity contribution is 7.99. The smallest absolute Gasteiger partial charge is 0.200 e. The zero-order valence-corrected chi connectivity index (χ0v) is 19.7.